The lowest BCUT2D eigenvalue weighted by molar-refractivity contribution is -0.0709. The van der Waals surface area contributed by atoms with Crippen molar-refractivity contribution in [1.82, 2.24) is 0 Å². The molecule has 0 bridgehead atoms. The van der Waals surface area contributed by atoms with Crippen molar-refractivity contribution in [3.8, 4) is 0 Å². The highest BCUT2D eigenvalue weighted by Gasteiger charge is 2.29. The fourth-order valence-corrected chi connectivity index (χ4v) is 2.32. The van der Waals surface area contributed by atoms with E-state index >= 15 is 0 Å². The Balaban J connectivity index is 1.78. The van der Waals surface area contributed by atoms with E-state index in [-0.39, 0.29) is 0 Å². The third-order valence-electron chi connectivity index (χ3n) is 3.66. The summed E-state index contributed by atoms with van der Waals surface area (Å²) < 4.78 is 5.22. The van der Waals surface area contributed by atoms with E-state index in [1.807, 2.05) is 0 Å². The molecule has 18 heavy (non-hydrogen) atoms. The van der Waals surface area contributed by atoms with Crippen LogP contribution in [0, 0.1) is 5.41 Å². The van der Waals surface area contributed by atoms with Crippen LogP contribution in [0.2, 0.25) is 0 Å². The van der Waals surface area contributed by atoms with Gasteiger partial charge in [-0.2, -0.15) is 0 Å². The Morgan fingerprint density at radius 1 is 0.944 bits per heavy atom. The first kappa shape index (κ1) is 15.7. The van der Waals surface area contributed by atoms with Gasteiger partial charge in [0.05, 0.1) is 13.2 Å². The molecular weight excluding hydrogens is 224 g/mol. The second-order valence-electron chi connectivity index (χ2n) is 5.89. The summed E-state index contributed by atoms with van der Waals surface area (Å²) in [5, 5.41) is 8.65. The quantitative estimate of drug-likeness (QED) is 0.444. The monoisotopic (exact) mass is 254 g/mol. The highest BCUT2D eigenvalue weighted by molar-refractivity contribution is 5.01. The molecule has 1 saturated heterocycles. The average molecular weight is 254 g/mol. The van der Waals surface area contributed by atoms with Gasteiger partial charge in [-0.3, -0.25) is 0 Å². The second kappa shape index (κ2) is 9.57. The lowest BCUT2D eigenvalue weighted by Gasteiger charge is -2.35. The molecule has 0 radical (unpaired) electrons. The molecule has 1 rings (SSSR count). The molecule has 0 saturated carbocycles. The molecule has 1 fully saturated rings. The third kappa shape index (κ3) is 7.17. The Hall–Kier alpha value is -0.340. The minimum absolute atomic E-state index is 0.340. The topological polar surface area (TPSA) is 29.5 Å². The SMILES string of the molecule is CC1(/C=C\CCCCCCCCCCO)COC1. The maximum Gasteiger partial charge on any atom is 0.0576 e. The zero-order valence-electron chi connectivity index (χ0n) is 12.0. The van der Waals surface area contributed by atoms with Gasteiger partial charge in [0.25, 0.3) is 0 Å². The standard InChI is InChI=1S/C16H30O2/c1-16(14-18-15-16)12-10-8-6-4-2-3-5-7-9-11-13-17/h10,12,17H,2-9,11,13-15H2,1H3/b12-10-. The van der Waals surface area contributed by atoms with Crippen LogP contribution in [0.3, 0.4) is 0 Å². The van der Waals surface area contributed by atoms with Crippen LogP contribution in [0.15, 0.2) is 12.2 Å². The maximum absolute atomic E-state index is 8.65. The van der Waals surface area contributed by atoms with Gasteiger partial charge >= 0.3 is 0 Å². The van der Waals surface area contributed by atoms with E-state index in [2.05, 4.69) is 19.1 Å². The molecule has 1 N–H and O–H groups in total. The molecule has 1 heterocycles. The van der Waals surface area contributed by atoms with Crippen LogP contribution in [0.4, 0.5) is 0 Å². The number of unbranched alkanes of at least 4 members (excludes halogenated alkanes) is 8. The van der Waals surface area contributed by atoms with E-state index in [0.29, 0.717) is 12.0 Å². The van der Waals surface area contributed by atoms with Crippen molar-refractivity contribution in [3.05, 3.63) is 12.2 Å². The van der Waals surface area contributed by atoms with Gasteiger partial charge in [-0.05, 0) is 19.3 Å². The van der Waals surface area contributed by atoms with Crippen LogP contribution in [-0.4, -0.2) is 24.9 Å². The van der Waals surface area contributed by atoms with E-state index in [9.17, 15) is 0 Å². The van der Waals surface area contributed by atoms with Gasteiger partial charge in [0.1, 0.15) is 0 Å². The predicted octanol–water partition coefficient (Wildman–Crippen LogP) is 4.08. The summed E-state index contributed by atoms with van der Waals surface area (Å²) in [7, 11) is 0. The normalized spacial score (nSPS) is 18.1. The van der Waals surface area contributed by atoms with Gasteiger partial charge in [-0.15, -0.1) is 0 Å². The molecule has 0 spiro atoms. The van der Waals surface area contributed by atoms with E-state index < -0.39 is 0 Å². The number of allylic oxidation sites excluding steroid dienone is 1. The number of rotatable bonds is 11. The van der Waals surface area contributed by atoms with Gasteiger partial charge < -0.3 is 9.84 Å². The molecule has 1 aliphatic rings. The van der Waals surface area contributed by atoms with Crippen molar-refractivity contribution in [2.24, 2.45) is 5.41 Å². The van der Waals surface area contributed by atoms with Crippen LogP contribution >= 0.6 is 0 Å². The molecule has 0 unspecified atom stereocenters. The van der Waals surface area contributed by atoms with Gasteiger partial charge in [-0.1, -0.05) is 57.6 Å². The minimum atomic E-state index is 0.340. The Morgan fingerprint density at radius 3 is 2.00 bits per heavy atom. The molecule has 0 aromatic rings. The molecule has 2 nitrogen and oxygen atoms in total. The zero-order valence-corrected chi connectivity index (χ0v) is 12.0. The van der Waals surface area contributed by atoms with Crippen molar-refractivity contribution in [2.75, 3.05) is 19.8 Å². The summed E-state index contributed by atoms with van der Waals surface area (Å²) in [6.45, 7) is 4.42. The summed E-state index contributed by atoms with van der Waals surface area (Å²) in [5.74, 6) is 0. The molecule has 0 atom stereocenters. The lowest BCUT2D eigenvalue weighted by atomic mass is 9.88. The van der Waals surface area contributed by atoms with Crippen molar-refractivity contribution < 1.29 is 9.84 Å². The molecule has 0 amide bonds. The predicted molar refractivity (Wildman–Crippen MR) is 76.7 cm³/mol. The van der Waals surface area contributed by atoms with Gasteiger partial charge in [0.15, 0.2) is 0 Å². The first-order valence-corrected chi connectivity index (χ1v) is 7.63. The first-order valence-electron chi connectivity index (χ1n) is 7.63. The maximum atomic E-state index is 8.65. The molecule has 1 aliphatic heterocycles. The Labute approximate surface area is 112 Å². The van der Waals surface area contributed by atoms with Crippen molar-refractivity contribution in [3.63, 3.8) is 0 Å². The van der Waals surface area contributed by atoms with E-state index in [1.165, 1.54) is 51.4 Å². The minimum Gasteiger partial charge on any atom is -0.396 e. The van der Waals surface area contributed by atoms with Gasteiger partial charge in [0, 0.05) is 12.0 Å². The summed E-state index contributed by atoms with van der Waals surface area (Å²) in [6.07, 6.45) is 16.1. The lowest BCUT2D eigenvalue weighted by Crippen LogP contribution is -2.37. The van der Waals surface area contributed by atoms with Crippen LogP contribution in [-0.2, 0) is 4.74 Å². The first-order chi connectivity index (χ1) is 8.77. The van der Waals surface area contributed by atoms with Crippen LogP contribution in [0.5, 0.6) is 0 Å². The van der Waals surface area contributed by atoms with Crippen molar-refractivity contribution in [1.29, 1.82) is 0 Å². The molecule has 2 heteroatoms. The third-order valence-corrected chi connectivity index (χ3v) is 3.66. The van der Waals surface area contributed by atoms with Crippen LogP contribution in [0.1, 0.15) is 64.7 Å². The average Bonchev–Trinajstić information content (AvgIpc) is 2.34. The smallest absolute Gasteiger partial charge is 0.0576 e. The number of ether oxygens (including phenoxy) is 1. The summed E-state index contributed by atoms with van der Waals surface area (Å²) >= 11 is 0. The van der Waals surface area contributed by atoms with E-state index in [1.54, 1.807) is 0 Å². The Morgan fingerprint density at radius 2 is 1.50 bits per heavy atom. The highest BCUT2D eigenvalue weighted by Crippen LogP contribution is 2.28. The zero-order chi connectivity index (χ0) is 13.1. The Bertz CT molecular complexity index is 219. The molecule has 106 valence electrons. The summed E-state index contributed by atoms with van der Waals surface area (Å²) in [5.41, 5.74) is 0.340. The number of hydrogen-bond donors (Lipinski definition) is 1. The fraction of sp³-hybridized carbons (Fsp3) is 0.875. The molecule has 0 aromatic carbocycles. The summed E-state index contributed by atoms with van der Waals surface area (Å²) in [6, 6.07) is 0. The van der Waals surface area contributed by atoms with E-state index in [0.717, 1.165) is 19.6 Å². The number of hydrogen-bond acceptors (Lipinski definition) is 2. The van der Waals surface area contributed by atoms with Crippen molar-refractivity contribution in [2.45, 2.75) is 64.7 Å². The number of aliphatic hydroxyl groups is 1. The van der Waals surface area contributed by atoms with Gasteiger partial charge in [0.2, 0.25) is 0 Å². The largest absolute Gasteiger partial charge is 0.396 e. The molecular formula is C16H30O2. The fourth-order valence-electron chi connectivity index (χ4n) is 2.32. The van der Waals surface area contributed by atoms with Crippen molar-refractivity contribution >= 4 is 0 Å². The second-order valence-corrected chi connectivity index (χ2v) is 5.89. The van der Waals surface area contributed by atoms with E-state index in [4.69, 9.17) is 9.84 Å². The summed E-state index contributed by atoms with van der Waals surface area (Å²) in [4.78, 5) is 0. The molecule has 0 aromatic heterocycles. The van der Waals surface area contributed by atoms with Gasteiger partial charge in [-0.25, -0.2) is 0 Å². The van der Waals surface area contributed by atoms with Crippen LogP contribution in [0.25, 0.3) is 0 Å². The number of aliphatic hydroxyl groups excluding tert-OH is 1. The highest BCUT2D eigenvalue weighted by atomic mass is 16.5. The Kier molecular flexibility index (Phi) is 8.36. The van der Waals surface area contributed by atoms with Crippen LogP contribution < -0.4 is 0 Å². The molecule has 0 aliphatic carbocycles.